The predicted octanol–water partition coefficient (Wildman–Crippen LogP) is 3.15. The zero-order valence-corrected chi connectivity index (χ0v) is 11.7. The lowest BCUT2D eigenvalue weighted by Crippen LogP contribution is -2.13. The van der Waals surface area contributed by atoms with Gasteiger partial charge < -0.3 is 9.47 Å². The minimum absolute atomic E-state index is 0.272. The quantitative estimate of drug-likeness (QED) is 0.410. The number of rotatable bonds is 8. The van der Waals surface area contributed by atoms with Gasteiger partial charge in [0.05, 0.1) is 18.8 Å². The van der Waals surface area contributed by atoms with E-state index in [1.165, 1.54) is 0 Å². The van der Waals surface area contributed by atoms with Crippen molar-refractivity contribution < 1.29 is 14.3 Å². The smallest absolute Gasteiger partial charge is 0.336 e. The van der Waals surface area contributed by atoms with Crippen molar-refractivity contribution in [2.45, 2.75) is 26.2 Å². The van der Waals surface area contributed by atoms with Crippen molar-refractivity contribution in [3.05, 3.63) is 47.5 Å². The highest BCUT2D eigenvalue weighted by Gasteiger charge is 2.10. The van der Waals surface area contributed by atoms with E-state index in [9.17, 15) is 4.79 Å². The number of carbonyl (C=O) groups is 1. The van der Waals surface area contributed by atoms with Crippen LogP contribution in [0.15, 0.2) is 42.0 Å². The van der Waals surface area contributed by atoms with Crippen LogP contribution in [-0.4, -0.2) is 26.3 Å². The Hall–Kier alpha value is -1.61. The predicted molar refractivity (Wildman–Crippen MR) is 76.0 cm³/mol. The van der Waals surface area contributed by atoms with Crippen molar-refractivity contribution in [3.8, 4) is 0 Å². The van der Waals surface area contributed by atoms with Gasteiger partial charge in [0.1, 0.15) is 0 Å². The van der Waals surface area contributed by atoms with Crippen molar-refractivity contribution >= 4 is 5.97 Å². The zero-order chi connectivity index (χ0) is 13.9. The maximum absolute atomic E-state index is 11.9. The Labute approximate surface area is 115 Å². The Morgan fingerprint density at radius 2 is 2.00 bits per heavy atom. The van der Waals surface area contributed by atoms with Gasteiger partial charge in [-0.05, 0) is 18.4 Å². The fourth-order valence-electron chi connectivity index (χ4n) is 1.61. The van der Waals surface area contributed by atoms with Crippen molar-refractivity contribution in [1.29, 1.82) is 0 Å². The molecule has 0 spiro atoms. The Balaban J connectivity index is 2.57. The maximum atomic E-state index is 11.9. The minimum Gasteiger partial charge on any atom is -0.462 e. The second-order valence-electron chi connectivity index (χ2n) is 4.34. The van der Waals surface area contributed by atoms with Gasteiger partial charge in [0, 0.05) is 7.11 Å². The molecular weight excluding hydrogens is 240 g/mol. The first-order valence-electron chi connectivity index (χ1n) is 6.67. The van der Waals surface area contributed by atoms with Gasteiger partial charge in [-0.2, -0.15) is 0 Å². The number of carbonyl (C=O) groups excluding carboxylic acids is 1. The molecule has 0 aliphatic carbocycles. The lowest BCUT2D eigenvalue weighted by Gasteiger charge is -2.07. The van der Waals surface area contributed by atoms with Crippen LogP contribution in [0.5, 0.6) is 0 Å². The number of esters is 1. The summed E-state index contributed by atoms with van der Waals surface area (Å²) in [5.74, 6) is -0.272. The van der Waals surface area contributed by atoms with Crippen molar-refractivity contribution in [1.82, 2.24) is 0 Å². The second-order valence-corrected chi connectivity index (χ2v) is 4.34. The Bertz CT molecular complexity index is 396. The molecule has 0 fully saturated rings. The number of unbranched alkanes of at least 4 members (excludes halogenated alkanes) is 1. The lowest BCUT2D eigenvalue weighted by atomic mass is 10.1. The van der Waals surface area contributed by atoms with Gasteiger partial charge in [0.2, 0.25) is 0 Å². The van der Waals surface area contributed by atoms with E-state index in [-0.39, 0.29) is 12.6 Å². The molecule has 19 heavy (non-hydrogen) atoms. The Kier molecular flexibility index (Phi) is 7.59. The number of methoxy groups -OCH3 is 1. The number of allylic oxidation sites excluding steroid dienone is 1. The molecule has 0 amide bonds. The van der Waals surface area contributed by atoms with Crippen molar-refractivity contribution in [2.24, 2.45) is 0 Å². The molecule has 0 saturated heterocycles. The summed E-state index contributed by atoms with van der Waals surface area (Å²) in [4.78, 5) is 11.9. The van der Waals surface area contributed by atoms with Crippen LogP contribution in [0.2, 0.25) is 0 Å². The average Bonchev–Trinajstić information content (AvgIpc) is 2.44. The molecule has 0 aliphatic rings. The largest absolute Gasteiger partial charge is 0.462 e. The normalized spacial score (nSPS) is 11.4. The van der Waals surface area contributed by atoms with Gasteiger partial charge >= 0.3 is 5.97 Å². The SMILES string of the molecule is CCCCOC(=O)C(=CCc1ccccc1)COC. The van der Waals surface area contributed by atoms with E-state index in [1.54, 1.807) is 7.11 Å². The molecule has 0 bridgehead atoms. The van der Waals surface area contributed by atoms with Gasteiger partial charge in [-0.25, -0.2) is 4.79 Å². The summed E-state index contributed by atoms with van der Waals surface area (Å²) >= 11 is 0. The second kappa shape index (κ2) is 9.34. The third-order valence-corrected chi connectivity index (χ3v) is 2.72. The van der Waals surface area contributed by atoms with E-state index in [0.717, 1.165) is 18.4 Å². The molecule has 0 radical (unpaired) electrons. The van der Waals surface area contributed by atoms with Crippen LogP contribution in [-0.2, 0) is 20.7 Å². The average molecular weight is 262 g/mol. The van der Waals surface area contributed by atoms with Crippen LogP contribution < -0.4 is 0 Å². The summed E-state index contributed by atoms with van der Waals surface area (Å²) in [6, 6.07) is 10.0. The van der Waals surface area contributed by atoms with Crippen LogP contribution in [0.25, 0.3) is 0 Å². The summed E-state index contributed by atoms with van der Waals surface area (Å²) in [5.41, 5.74) is 1.75. The molecule has 3 nitrogen and oxygen atoms in total. The zero-order valence-electron chi connectivity index (χ0n) is 11.7. The molecule has 0 aliphatic heterocycles. The molecule has 0 aromatic heterocycles. The highest BCUT2D eigenvalue weighted by molar-refractivity contribution is 5.88. The van der Waals surface area contributed by atoms with E-state index in [4.69, 9.17) is 9.47 Å². The Morgan fingerprint density at radius 3 is 2.63 bits per heavy atom. The fourth-order valence-corrected chi connectivity index (χ4v) is 1.61. The lowest BCUT2D eigenvalue weighted by molar-refractivity contribution is -0.139. The van der Waals surface area contributed by atoms with Crippen LogP contribution in [0, 0.1) is 0 Å². The maximum Gasteiger partial charge on any atom is 0.336 e. The molecule has 0 N–H and O–H groups in total. The molecule has 1 aromatic rings. The minimum atomic E-state index is -0.272. The third kappa shape index (κ3) is 6.20. The highest BCUT2D eigenvalue weighted by atomic mass is 16.5. The van der Waals surface area contributed by atoms with Crippen LogP contribution >= 0.6 is 0 Å². The summed E-state index contributed by atoms with van der Waals surface area (Å²) in [6.45, 7) is 2.83. The molecule has 1 rings (SSSR count). The van der Waals surface area contributed by atoms with Crippen molar-refractivity contribution in [3.63, 3.8) is 0 Å². The first-order chi connectivity index (χ1) is 9.27. The Morgan fingerprint density at radius 1 is 1.26 bits per heavy atom. The molecule has 3 heteroatoms. The van der Waals surface area contributed by atoms with Crippen LogP contribution in [0.4, 0.5) is 0 Å². The summed E-state index contributed by atoms with van der Waals surface area (Å²) in [7, 11) is 1.58. The number of hydrogen-bond acceptors (Lipinski definition) is 3. The van der Waals surface area contributed by atoms with Crippen LogP contribution in [0.1, 0.15) is 25.3 Å². The van der Waals surface area contributed by atoms with E-state index in [2.05, 4.69) is 6.92 Å². The van der Waals surface area contributed by atoms with Gasteiger partial charge in [0.25, 0.3) is 0 Å². The summed E-state index contributed by atoms with van der Waals surface area (Å²) in [6.07, 6.45) is 4.50. The molecule has 1 aromatic carbocycles. The molecule has 0 saturated carbocycles. The first-order valence-corrected chi connectivity index (χ1v) is 6.67. The van der Waals surface area contributed by atoms with Gasteiger partial charge in [0.15, 0.2) is 0 Å². The topological polar surface area (TPSA) is 35.5 Å². The number of ether oxygens (including phenoxy) is 2. The number of hydrogen-bond donors (Lipinski definition) is 0. The molecule has 0 heterocycles. The summed E-state index contributed by atoms with van der Waals surface area (Å²) in [5, 5.41) is 0. The van der Waals surface area contributed by atoms with E-state index in [1.807, 2.05) is 36.4 Å². The third-order valence-electron chi connectivity index (χ3n) is 2.72. The fraction of sp³-hybridized carbons (Fsp3) is 0.438. The van der Waals surface area contributed by atoms with Gasteiger partial charge in [-0.3, -0.25) is 0 Å². The molecule has 104 valence electrons. The first kappa shape index (κ1) is 15.4. The summed E-state index contributed by atoms with van der Waals surface area (Å²) < 4.78 is 10.2. The van der Waals surface area contributed by atoms with E-state index in [0.29, 0.717) is 18.6 Å². The molecule has 0 atom stereocenters. The monoisotopic (exact) mass is 262 g/mol. The van der Waals surface area contributed by atoms with Crippen LogP contribution in [0.3, 0.4) is 0 Å². The van der Waals surface area contributed by atoms with E-state index >= 15 is 0 Å². The van der Waals surface area contributed by atoms with E-state index < -0.39 is 0 Å². The van der Waals surface area contributed by atoms with Gasteiger partial charge in [-0.1, -0.05) is 49.8 Å². The van der Waals surface area contributed by atoms with Crippen molar-refractivity contribution in [2.75, 3.05) is 20.3 Å². The highest BCUT2D eigenvalue weighted by Crippen LogP contribution is 2.06. The molecule has 0 unspecified atom stereocenters. The van der Waals surface area contributed by atoms with Gasteiger partial charge in [-0.15, -0.1) is 0 Å². The number of benzene rings is 1. The standard InChI is InChI=1S/C16H22O3/c1-3-4-12-19-16(17)15(13-18-2)11-10-14-8-6-5-7-9-14/h5-9,11H,3-4,10,12-13H2,1-2H3. The molecular formula is C16H22O3.